The molecule has 0 bridgehead atoms. The Kier molecular flexibility index (Phi) is 9.13. The summed E-state index contributed by atoms with van der Waals surface area (Å²) in [7, 11) is -8.96. The third-order valence-corrected chi connectivity index (χ3v) is 233. The molecule has 0 aromatic heterocycles. The molecule has 0 atom stereocenters. The lowest BCUT2D eigenvalue weighted by molar-refractivity contribution is 0.724. The van der Waals surface area contributed by atoms with Crippen molar-refractivity contribution in [2.45, 2.75) is 183 Å². The monoisotopic (exact) mass is 678 g/mol. The lowest BCUT2D eigenvalue weighted by Gasteiger charge is -2.64. The van der Waals surface area contributed by atoms with Crippen LogP contribution in [0.25, 0.3) is 0 Å². The second-order valence-corrected chi connectivity index (χ2v) is 104. The van der Waals surface area contributed by atoms with Crippen molar-refractivity contribution in [3.8, 4) is 0 Å². The van der Waals surface area contributed by atoms with E-state index >= 15 is 0 Å². The minimum atomic E-state index is -1.91. The Hall–Kier alpha value is 0.738. The molecular formula is C34H74Si7. The number of rotatable bonds is 5. The van der Waals surface area contributed by atoms with Gasteiger partial charge >= 0.3 is 0 Å². The summed E-state index contributed by atoms with van der Waals surface area (Å²) in [5, 5.41) is 3.72. The molecular weight excluding hydrogens is 605 g/mol. The molecule has 0 nitrogen and oxygen atoms in total. The predicted molar refractivity (Wildman–Crippen MR) is 212 cm³/mol. The van der Waals surface area contributed by atoms with E-state index in [0.29, 0.717) is 20.2 Å². The summed E-state index contributed by atoms with van der Waals surface area (Å²) in [5.41, 5.74) is 4.86. The Morgan fingerprint density at radius 2 is 0.634 bits per heavy atom. The Morgan fingerprint density at radius 3 is 0.805 bits per heavy atom. The molecule has 0 saturated carbocycles. The Morgan fingerprint density at radius 1 is 0.439 bits per heavy atom. The molecule has 0 unspecified atom stereocenters. The van der Waals surface area contributed by atoms with Crippen molar-refractivity contribution in [2.24, 2.45) is 0 Å². The van der Waals surface area contributed by atoms with Crippen LogP contribution in [0.4, 0.5) is 0 Å². The highest BCUT2D eigenvalue weighted by molar-refractivity contribution is 8.51. The lowest BCUT2D eigenvalue weighted by Crippen LogP contribution is -2.86. The number of hydrogen-bond donors (Lipinski definition) is 0. The Labute approximate surface area is 265 Å². The van der Waals surface area contributed by atoms with Crippen molar-refractivity contribution < 1.29 is 0 Å². The van der Waals surface area contributed by atoms with Gasteiger partial charge in [0, 0.05) is 42.7 Å². The highest BCUT2D eigenvalue weighted by atomic mass is 30.7. The van der Waals surface area contributed by atoms with Gasteiger partial charge in [0.2, 0.25) is 0 Å². The summed E-state index contributed by atoms with van der Waals surface area (Å²) >= 11 is 0. The standard InChI is InChI=1S/C34H74Si7/c1-27-25-28(2)30(29(3)26-27)39(24)40(35(16,17)31(4,5)6,36(18,19)32(7,8)9)41(39,37(20,21)33(10,11)12)38(22,23)34(13,14)15/h25-26H,1-24H3. The van der Waals surface area contributed by atoms with Crippen LogP contribution in [0.1, 0.15) is 99.8 Å². The minimum Gasteiger partial charge on any atom is -0.0715 e. The molecule has 0 aliphatic carbocycles. The fraction of sp³-hybridized carbons (Fsp3) is 0.824. The molecule has 1 aliphatic rings. The van der Waals surface area contributed by atoms with Crippen LogP contribution in [0.15, 0.2) is 12.1 Å². The first-order valence-electron chi connectivity index (χ1n) is 16.7. The summed E-state index contributed by atoms with van der Waals surface area (Å²) in [6, 6.07) is 5.23. The van der Waals surface area contributed by atoms with Crippen molar-refractivity contribution in [3.63, 3.8) is 0 Å². The molecule has 238 valence electrons. The van der Waals surface area contributed by atoms with Crippen LogP contribution in [0.3, 0.4) is 0 Å². The quantitative estimate of drug-likeness (QED) is 0.272. The van der Waals surface area contributed by atoms with Gasteiger partial charge in [-0.15, -0.1) is 0 Å². The van der Waals surface area contributed by atoms with Crippen LogP contribution < -0.4 is 5.19 Å². The van der Waals surface area contributed by atoms with Crippen molar-refractivity contribution in [2.75, 3.05) is 0 Å². The predicted octanol–water partition coefficient (Wildman–Crippen LogP) is 11.4. The van der Waals surface area contributed by atoms with E-state index in [1.807, 2.05) is 5.19 Å². The van der Waals surface area contributed by atoms with Gasteiger partial charge in [-0.3, -0.25) is 0 Å². The largest absolute Gasteiger partial charge is 0.0715 e. The van der Waals surface area contributed by atoms with Crippen molar-refractivity contribution in [1.82, 2.24) is 0 Å². The summed E-state index contributed by atoms with van der Waals surface area (Å²) in [6.07, 6.45) is -3.69. The molecule has 0 spiro atoms. The van der Waals surface area contributed by atoms with E-state index in [9.17, 15) is 0 Å². The van der Waals surface area contributed by atoms with Gasteiger partial charge in [0.25, 0.3) is 0 Å². The van der Waals surface area contributed by atoms with Gasteiger partial charge in [-0.05, 0) is 40.9 Å². The van der Waals surface area contributed by atoms with Crippen LogP contribution in [0, 0.1) is 20.8 Å². The summed E-state index contributed by atoms with van der Waals surface area (Å²) in [6.45, 7) is 67.4. The average molecular weight is 680 g/mol. The molecule has 2 rings (SSSR count). The van der Waals surface area contributed by atoms with Crippen LogP contribution in [0.2, 0.25) is 79.1 Å². The van der Waals surface area contributed by atoms with Gasteiger partial charge in [0.15, 0.2) is 0 Å². The number of hydrogen-bond acceptors (Lipinski definition) is 0. The van der Waals surface area contributed by atoms with Crippen molar-refractivity contribution in [1.29, 1.82) is 0 Å². The van der Waals surface area contributed by atoms with Crippen molar-refractivity contribution >= 4 is 54.9 Å². The van der Waals surface area contributed by atoms with E-state index in [0.717, 1.165) is 0 Å². The molecule has 7 heteroatoms. The highest BCUT2D eigenvalue weighted by Crippen LogP contribution is 2.76. The van der Waals surface area contributed by atoms with Gasteiger partial charge in [0.1, 0.15) is 0 Å². The SMILES string of the molecule is Cc1cc(C)c([Si]2(C)[Si]([Si](C)(C)C(C)(C)C)([Si](C)(C)C(C)(C)C)[Si]2([Si](C)(C)C(C)(C)C)[Si](C)(C)C(C)(C)C)c(C)c1. The first kappa shape index (κ1) is 37.9. The van der Waals surface area contributed by atoms with Gasteiger partial charge < -0.3 is 0 Å². The second-order valence-electron chi connectivity index (χ2n) is 20.9. The lowest BCUT2D eigenvalue weighted by atomic mass is 10.1. The number of aryl methyl sites for hydroxylation is 3. The summed E-state index contributed by atoms with van der Waals surface area (Å²) in [4.78, 5) is 0. The maximum atomic E-state index is 3.15. The second kappa shape index (κ2) is 9.87. The van der Waals surface area contributed by atoms with E-state index in [2.05, 4.69) is 175 Å². The molecule has 1 aromatic carbocycles. The van der Waals surface area contributed by atoms with Crippen molar-refractivity contribution in [3.05, 3.63) is 28.8 Å². The average Bonchev–Trinajstić information content (AvgIpc) is 3.22. The van der Waals surface area contributed by atoms with E-state index in [1.54, 1.807) is 11.1 Å². The van der Waals surface area contributed by atoms with E-state index in [1.165, 1.54) is 5.56 Å². The molecule has 1 fully saturated rings. The van der Waals surface area contributed by atoms with E-state index in [-0.39, 0.29) is 0 Å². The third-order valence-electron chi connectivity index (χ3n) is 15.4. The molecule has 41 heavy (non-hydrogen) atoms. The molecule has 0 amide bonds. The molecule has 1 heterocycles. The number of benzene rings is 1. The molecule has 1 saturated heterocycles. The topological polar surface area (TPSA) is 0 Å². The Bertz CT molecular complexity index is 1040. The van der Waals surface area contributed by atoms with E-state index < -0.39 is 49.8 Å². The minimum absolute atomic E-state index is 0.426. The molecule has 0 radical (unpaired) electrons. The zero-order valence-electron chi connectivity index (χ0n) is 32.7. The fourth-order valence-electron chi connectivity index (χ4n) is 11.2. The maximum absolute atomic E-state index is 3.15. The summed E-state index contributed by atoms with van der Waals surface area (Å²) in [5.74, 6) is 0. The van der Waals surface area contributed by atoms with E-state index in [4.69, 9.17) is 0 Å². The Balaban J connectivity index is 3.70. The smallest absolute Gasteiger partial charge is 0.0575 e. The normalized spacial score (nSPS) is 20.3. The fourth-order valence-corrected chi connectivity index (χ4v) is 471. The first-order chi connectivity index (χ1) is 17.6. The van der Waals surface area contributed by atoms with Crippen LogP contribution in [-0.4, -0.2) is 49.8 Å². The highest BCUT2D eigenvalue weighted by Gasteiger charge is 3.03. The van der Waals surface area contributed by atoms with Gasteiger partial charge in [0.05, 0.1) is 7.11 Å². The molecule has 0 N–H and O–H groups in total. The van der Waals surface area contributed by atoms with Gasteiger partial charge in [-0.25, -0.2) is 0 Å². The third kappa shape index (κ3) is 4.26. The molecule has 1 aromatic rings. The zero-order valence-corrected chi connectivity index (χ0v) is 39.7. The van der Waals surface area contributed by atoms with Crippen LogP contribution in [-0.2, 0) is 0 Å². The zero-order chi connectivity index (χ0) is 33.2. The van der Waals surface area contributed by atoms with Crippen LogP contribution in [0.5, 0.6) is 0 Å². The first-order valence-corrected chi connectivity index (χ1v) is 42.2. The van der Waals surface area contributed by atoms with Gasteiger partial charge in [-0.2, -0.15) is 0 Å². The summed E-state index contributed by atoms with van der Waals surface area (Å²) < 4.78 is 0. The van der Waals surface area contributed by atoms with Crippen LogP contribution >= 0.6 is 0 Å². The van der Waals surface area contributed by atoms with Gasteiger partial charge in [-0.1, -0.05) is 176 Å². The maximum Gasteiger partial charge on any atom is 0.0575 e. The molecule has 1 aliphatic heterocycles.